The van der Waals surface area contributed by atoms with Crippen LogP contribution in [0.2, 0.25) is 0 Å². The lowest BCUT2D eigenvalue weighted by Crippen LogP contribution is -2.52. The number of carbonyl (C=O) groups excluding carboxylic acids is 1. The fourth-order valence-corrected chi connectivity index (χ4v) is 1.65. The molecule has 2 rings (SSSR count). The largest absolute Gasteiger partial charge is 0.491 e. The van der Waals surface area contributed by atoms with Crippen LogP contribution in [0.3, 0.4) is 0 Å². The van der Waals surface area contributed by atoms with Gasteiger partial charge in [0.1, 0.15) is 18.5 Å². The number of hydrogen-bond donors (Lipinski definition) is 3. The normalized spacial score (nSPS) is 15.6. The molecule has 1 aliphatic heterocycles. The van der Waals surface area contributed by atoms with Crippen LogP contribution in [0.15, 0.2) is 18.2 Å². The summed E-state index contributed by atoms with van der Waals surface area (Å²) >= 11 is 0. The van der Waals surface area contributed by atoms with Crippen LogP contribution in [0.4, 0.5) is 8.78 Å². The first-order valence-corrected chi connectivity index (χ1v) is 6.30. The Balaban J connectivity index is 0.00000220. The lowest BCUT2D eigenvalue weighted by Gasteiger charge is -2.26. The summed E-state index contributed by atoms with van der Waals surface area (Å²) in [7, 11) is 0. The summed E-state index contributed by atoms with van der Waals surface area (Å²) in [5, 5.41) is 15.2. The molecular formula is C13H17ClF2N2O3. The molecule has 0 aliphatic carbocycles. The summed E-state index contributed by atoms with van der Waals surface area (Å²) in [6, 6.07) is 3.12. The Bertz CT molecular complexity index is 486. The summed E-state index contributed by atoms with van der Waals surface area (Å²) in [5.74, 6) is -2.01. The molecule has 5 nitrogen and oxygen atoms in total. The van der Waals surface area contributed by atoms with Gasteiger partial charge in [-0.1, -0.05) is 0 Å². The third-order valence-corrected chi connectivity index (χ3v) is 3.00. The topological polar surface area (TPSA) is 70.6 Å². The van der Waals surface area contributed by atoms with Crippen molar-refractivity contribution in [1.29, 1.82) is 0 Å². The Hall–Kier alpha value is -1.44. The zero-order valence-electron chi connectivity index (χ0n) is 11.1. The Morgan fingerprint density at radius 3 is 2.71 bits per heavy atom. The van der Waals surface area contributed by atoms with Crippen molar-refractivity contribution in [3.8, 4) is 5.75 Å². The van der Waals surface area contributed by atoms with Gasteiger partial charge in [0.15, 0.2) is 11.6 Å². The van der Waals surface area contributed by atoms with Gasteiger partial charge in [-0.05, 0) is 12.1 Å². The first kappa shape index (κ1) is 17.6. The molecule has 8 heteroatoms. The van der Waals surface area contributed by atoms with Gasteiger partial charge in [0.2, 0.25) is 5.91 Å². The average Bonchev–Trinajstić information content (AvgIpc) is 2.36. The molecule has 3 N–H and O–H groups in total. The molecule has 1 amide bonds. The molecule has 1 aliphatic rings. The number of benzene rings is 1. The molecule has 0 bridgehead atoms. The highest BCUT2D eigenvalue weighted by atomic mass is 35.5. The van der Waals surface area contributed by atoms with Crippen molar-refractivity contribution in [1.82, 2.24) is 10.6 Å². The third kappa shape index (κ3) is 5.11. The Labute approximate surface area is 127 Å². The van der Waals surface area contributed by atoms with Gasteiger partial charge in [-0.15, -0.1) is 12.4 Å². The van der Waals surface area contributed by atoms with Crippen LogP contribution < -0.4 is 15.4 Å². The van der Waals surface area contributed by atoms with Crippen LogP contribution >= 0.6 is 12.4 Å². The zero-order valence-corrected chi connectivity index (χ0v) is 12.0. The highest BCUT2D eigenvalue weighted by molar-refractivity contribution is 5.85. The number of hydrogen-bond acceptors (Lipinski definition) is 4. The quantitative estimate of drug-likeness (QED) is 0.712. The van der Waals surface area contributed by atoms with E-state index in [0.29, 0.717) is 13.1 Å². The van der Waals surface area contributed by atoms with Gasteiger partial charge in [0, 0.05) is 25.7 Å². The minimum Gasteiger partial charge on any atom is -0.491 e. The second kappa shape index (κ2) is 8.11. The number of carbonyl (C=O) groups is 1. The predicted molar refractivity (Wildman–Crippen MR) is 74.5 cm³/mol. The summed E-state index contributed by atoms with van der Waals surface area (Å²) in [6.45, 7) is 1.23. The molecule has 1 fully saturated rings. The van der Waals surface area contributed by atoms with E-state index in [1.165, 1.54) is 6.07 Å². The monoisotopic (exact) mass is 322 g/mol. The number of aliphatic hydroxyl groups excluding tert-OH is 1. The molecule has 118 valence electrons. The van der Waals surface area contributed by atoms with E-state index in [2.05, 4.69) is 10.6 Å². The SMILES string of the molecule is Cl.O=C(NCC(O)COc1ccc(F)c(F)c1)C1CNC1. The minimum absolute atomic E-state index is 0. The summed E-state index contributed by atoms with van der Waals surface area (Å²) in [4.78, 5) is 11.5. The maximum Gasteiger partial charge on any atom is 0.225 e. The Morgan fingerprint density at radius 2 is 2.14 bits per heavy atom. The standard InChI is InChI=1S/C13H16F2N2O3.ClH/c14-11-2-1-10(3-12(11)15)20-7-9(18)6-17-13(19)8-4-16-5-8;/h1-3,8-9,16,18H,4-7H2,(H,17,19);1H. The van der Waals surface area contributed by atoms with Crippen molar-refractivity contribution < 1.29 is 23.4 Å². The van der Waals surface area contributed by atoms with Crippen molar-refractivity contribution in [2.24, 2.45) is 5.92 Å². The molecule has 1 atom stereocenters. The van der Waals surface area contributed by atoms with Crippen molar-refractivity contribution in [3.63, 3.8) is 0 Å². The summed E-state index contributed by atoms with van der Waals surface area (Å²) in [6.07, 6.45) is -0.917. The second-order valence-corrected chi connectivity index (χ2v) is 4.64. The molecule has 0 spiro atoms. The van der Waals surface area contributed by atoms with E-state index in [0.717, 1.165) is 12.1 Å². The second-order valence-electron chi connectivity index (χ2n) is 4.64. The number of rotatable bonds is 6. The van der Waals surface area contributed by atoms with E-state index in [1.54, 1.807) is 0 Å². The molecule has 1 saturated heterocycles. The van der Waals surface area contributed by atoms with Gasteiger partial charge < -0.3 is 20.5 Å². The highest BCUT2D eigenvalue weighted by Gasteiger charge is 2.24. The van der Waals surface area contributed by atoms with E-state index in [1.807, 2.05) is 0 Å². The Morgan fingerprint density at radius 1 is 1.43 bits per heavy atom. The number of aliphatic hydroxyl groups is 1. The molecule has 1 unspecified atom stereocenters. The van der Waals surface area contributed by atoms with Gasteiger partial charge in [0.05, 0.1) is 5.92 Å². The van der Waals surface area contributed by atoms with Crippen molar-refractivity contribution in [2.45, 2.75) is 6.10 Å². The molecule has 0 aromatic heterocycles. The Kier molecular flexibility index (Phi) is 6.80. The van der Waals surface area contributed by atoms with E-state index in [-0.39, 0.29) is 43.1 Å². The third-order valence-electron chi connectivity index (χ3n) is 3.00. The van der Waals surface area contributed by atoms with E-state index in [9.17, 15) is 18.7 Å². The first-order chi connectivity index (χ1) is 9.56. The average molecular weight is 323 g/mol. The van der Waals surface area contributed by atoms with E-state index < -0.39 is 17.7 Å². The van der Waals surface area contributed by atoms with Crippen LogP contribution in [-0.4, -0.2) is 43.4 Å². The van der Waals surface area contributed by atoms with Gasteiger partial charge in [-0.25, -0.2) is 8.78 Å². The van der Waals surface area contributed by atoms with Crippen molar-refractivity contribution >= 4 is 18.3 Å². The predicted octanol–water partition coefficient (Wildman–Crippen LogP) is 0.462. The van der Waals surface area contributed by atoms with Gasteiger partial charge in [0.25, 0.3) is 0 Å². The highest BCUT2D eigenvalue weighted by Crippen LogP contribution is 2.15. The molecular weight excluding hydrogens is 306 g/mol. The van der Waals surface area contributed by atoms with Crippen molar-refractivity contribution in [3.05, 3.63) is 29.8 Å². The van der Waals surface area contributed by atoms with Gasteiger partial charge in [-0.2, -0.15) is 0 Å². The number of amides is 1. The van der Waals surface area contributed by atoms with Crippen LogP contribution in [0.5, 0.6) is 5.75 Å². The molecule has 1 aromatic rings. The number of nitrogens with one attached hydrogen (secondary N) is 2. The number of halogens is 3. The molecule has 21 heavy (non-hydrogen) atoms. The molecule has 1 aromatic carbocycles. The fraction of sp³-hybridized carbons (Fsp3) is 0.462. The lowest BCUT2D eigenvalue weighted by molar-refractivity contribution is -0.126. The van der Waals surface area contributed by atoms with Gasteiger partial charge >= 0.3 is 0 Å². The zero-order chi connectivity index (χ0) is 14.5. The fourth-order valence-electron chi connectivity index (χ4n) is 1.65. The minimum atomic E-state index is -1.01. The van der Waals surface area contributed by atoms with Crippen LogP contribution in [0.25, 0.3) is 0 Å². The van der Waals surface area contributed by atoms with Crippen LogP contribution in [0, 0.1) is 17.6 Å². The van der Waals surface area contributed by atoms with E-state index >= 15 is 0 Å². The van der Waals surface area contributed by atoms with Crippen LogP contribution in [0.1, 0.15) is 0 Å². The maximum absolute atomic E-state index is 12.9. The van der Waals surface area contributed by atoms with Crippen molar-refractivity contribution in [2.75, 3.05) is 26.2 Å². The first-order valence-electron chi connectivity index (χ1n) is 6.30. The number of ether oxygens (including phenoxy) is 1. The van der Waals surface area contributed by atoms with Crippen LogP contribution in [-0.2, 0) is 4.79 Å². The summed E-state index contributed by atoms with van der Waals surface area (Å²) in [5.41, 5.74) is 0. The lowest BCUT2D eigenvalue weighted by atomic mass is 10.0. The molecule has 0 radical (unpaired) electrons. The van der Waals surface area contributed by atoms with Gasteiger partial charge in [-0.3, -0.25) is 4.79 Å². The molecule has 0 saturated carbocycles. The smallest absolute Gasteiger partial charge is 0.225 e. The molecule has 1 heterocycles. The van der Waals surface area contributed by atoms with E-state index in [4.69, 9.17) is 4.74 Å². The summed E-state index contributed by atoms with van der Waals surface area (Å²) < 4.78 is 30.7. The maximum atomic E-state index is 12.9.